The maximum atomic E-state index is 11.2. The van der Waals surface area contributed by atoms with Gasteiger partial charge >= 0.3 is 5.97 Å². The first kappa shape index (κ1) is 16.7. The van der Waals surface area contributed by atoms with Crippen molar-refractivity contribution in [3.8, 4) is 11.5 Å². The first-order valence-electron chi connectivity index (χ1n) is 8.47. The Balaban J connectivity index is 1.67. The van der Waals surface area contributed by atoms with Gasteiger partial charge in [0.05, 0.1) is 11.8 Å². The third kappa shape index (κ3) is 3.35. The summed E-state index contributed by atoms with van der Waals surface area (Å²) in [7, 11) is 0. The van der Waals surface area contributed by atoms with Crippen LogP contribution in [0.25, 0.3) is 17.2 Å². The highest BCUT2D eigenvalue weighted by atomic mass is 16.4. The third-order valence-corrected chi connectivity index (χ3v) is 4.30. The summed E-state index contributed by atoms with van der Waals surface area (Å²) in [4.78, 5) is 24.5. The summed E-state index contributed by atoms with van der Waals surface area (Å²) in [5.74, 6) is 0.153. The molecule has 0 spiro atoms. The standard InChI is InChI=1S/C20H17N5O2/c1-13(14-5-3-2-4-6-14)23-17-9-10-21-19(24-17)16-11-22-18-8-7-15(20(26)27)12-25(16)18/h2-13H,1H3,(H,26,27)(H,21,23,24)/t13-/m0/s1. The average molecular weight is 359 g/mol. The fraction of sp³-hybridized carbons (Fsp3) is 0.100. The first-order valence-corrected chi connectivity index (χ1v) is 8.47. The van der Waals surface area contributed by atoms with E-state index in [4.69, 9.17) is 0 Å². The number of fused-ring (bicyclic) bond motifs is 1. The largest absolute Gasteiger partial charge is 0.478 e. The molecule has 27 heavy (non-hydrogen) atoms. The van der Waals surface area contributed by atoms with E-state index in [1.54, 1.807) is 28.9 Å². The second-order valence-corrected chi connectivity index (χ2v) is 6.14. The first-order chi connectivity index (χ1) is 13.1. The van der Waals surface area contributed by atoms with Gasteiger partial charge in [0.1, 0.15) is 17.2 Å². The van der Waals surface area contributed by atoms with Gasteiger partial charge in [-0.05, 0) is 30.7 Å². The minimum Gasteiger partial charge on any atom is -0.478 e. The summed E-state index contributed by atoms with van der Waals surface area (Å²) in [6, 6.07) is 15.1. The van der Waals surface area contributed by atoms with Gasteiger partial charge in [-0.3, -0.25) is 4.40 Å². The van der Waals surface area contributed by atoms with E-state index < -0.39 is 5.97 Å². The number of carboxylic acid groups (broad SMARTS) is 1. The number of nitrogens with zero attached hydrogens (tertiary/aromatic N) is 4. The molecule has 0 aliphatic rings. The van der Waals surface area contributed by atoms with E-state index in [9.17, 15) is 9.90 Å². The minimum absolute atomic E-state index is 0.0785. The second-order valence-electron chi connectivity index (χ2n) is 6.14. The molecule has 1 atom stereocenters. The van der Waals surface area contributed by atoms with Gasteiger partial charge in [-0.25, -0.2) is 19.7 Å². The Morgan fingerprint density at radius 3 is 2.70 bits per heavy atom. The molecule has 0 fully saturated rings. The normalized spacial score (nSPS) is 12.0. The molecule has 0 bridgehead atoms. The molecule has 0 radical (unpaired) electrons. The molecular formula is C20H17N5O2. The Kier molecular flexibility index (Phi) is 4.25. The van der Waals surface area contributed by atoms with Crippen LogP contribution in [-0.4, -0.2) is 30.4 Å². The maximum absolute atomic E-state index is 11.2. The fourth-order valence-electron chi connectivity index (χ4n) is 2.88. The molecule has 3 aromatic heterocycles. The predicted molar refractivity (Wildman–Crippen MR) is 102 cm³/mol. The van der Waals surface area contributed by atoms with E-state index >= 15 is 0 Å². The molecule has 0 aliphatic heterocycles. The Hall–Kier alpha value is -3.74. The number of carbonyl (C=O) groups is 1. The van der Waals surface area contributed by atoms with Gasteiger partial charge in [0.2, 0.25) is 0 Å². The summed E-state index contributed by atoms with van der Waals surface area (Å²) < 4.78 is 1.68. The van der Waals surface area contributed by atoms with Crippen LogP contribution in [0, 0.1) is 0 Å². The van der Waals surface area contributed by atoms with Gasteiger partial charge in [-0.1, -0.05) is 30.3 Å². The molecule has 0 unspecified atom stereocenters. The van der Waals surface area contributed by atoms with E-state index in [2.05, 4.69) is 39.3 Å². The maximum Gasteiger partial charge on any atom is 0.337 e. The SMILES string of the molecule is C[C@H](Nc1ccnc(-c2cnc3ccc(C(=O)O)cn23)n1)c1ccccc1. The Morgan fingerprint density at radius 2 is 1.93 bits per heavy atom. The number of anilines is 1. The van der Waals surface area contributed by atoms with Crippen LogP contribution in [0.1, 0.15) is 28.9 Å². The number of benzene rings is 1. The number of pyridine rings is 1. The van der Waals surface area contributed by atoms with Crippen molar-refractivity contribution >= 4 is 17.4 Å². The summed E-state index contributed by atoms with van der Waals surface area (Å²) in [5.41, 5.74) is 2.59. The van der Waals surface area contributed by atoms with Crippen LogP contribution in [0.15, 0.2) is 67.1 Å². The zero-order valence-corrected chi connectivity index (χ0v) is 14.6. The van der Waals surface area contributed by atoms with E-state index in [1.165, 1.54) is 12.3 Å². The average Bonchev–Trinajstić information content (AvgIpc) is 3.12. The zero-order valence-electron chi connectivity index (χ0n) is 14.6. The highest BCUT2D eigenvalue weighted by Crippen LogP contribution is 2.21. The topological polar surface area (TPSA) is 92.4 Å². The molecule has 4 aromatic rings. The second kappa shape index (κ2) is 6.87. The van der Waals surface area contributed by atoms with Gasteiger partial charge in [-0.15, -0.1) is 0 Å². The molecular weight excluding hydrogens is 342 g/mol. The Bertz CT molecular complexity index is 1110. The van der Waals surface area contributed by atoms with Crippen LogP contribution in [0.4, 0.5) is 5.82 Å². The molecule has 3 heterocycles. The van der Waals surface area contributed by atoms with Crippen LogP contribution < -0.4 is 5.32 Å². The van der Waals surface area contributed by atoms with Crippen LogP contribution in [0.5, 0.6) is 0 Å². The van der Waals surface area contributed by atoms with Gasteiger partial charge in [-0.2, -0.15) is 0 Å². The van der Waals surface area contributed by atoms with E-state index in [-0.39, 0.29) is 11.6 Å². The molecule has 1 aromatic carbocycles. The molecule has 0 saturated heterocycles. The molecule has 7 nitrogen and oxygen atoms in total. The van der Waals surface area contributed by atoms with E-state index in [0.717, 1.165) is 5.56 Å². The van der Waals surface area contributed by atoms with Crippen molar-refractivity contribution in [1.29, 1.82) is 0 Å². The van der Waals surface area contributed by atoms with Gasteiger partial charge in [0, 0.05) is 18.4 Å². The highest BCUT2D eigenvalue weighted by Gasteiger charge is 2.13. The Labute approximate surface area is 155 Å². The van der Waals surface area contributed by atoms with Crippen molar-refractivity contribution in [3.63, 3.8) is 0 Å². The molecule has 7 heteroatoms. The summed E-state index contributed by atoms with van der Waals surface area (Å²) >= 11 is 0. The molecule has 2 N–H and O–H groups in total. The van der Waals surface area contributed by atoms with E-state index in [0.29, 0.717) is 23.0 Å². The number of imidazole rings is 1. The number of hydrogen-bond acceptors (Lipinski definition) is 5. The quantitative estimate of drug-likeness (QED) is 0.565. The molecule has 0 saturated carbocycles. The number of nitrogens with one attached hydrogen (secondary N) is 1. The zero-order chi connectivity index (χ0) is 18.8. The predicted octanol–water partition coefficient (Wildman–Crippen LogP) is 3.66. The third-order valence-electron chi connectivity index (χ3n) is 4.30. The lowest BCUT2D eigenvalue weighted by atomic mass is 10.1. The van der Waals surface area contributed by atoms with Crippen molar-refractivity contribution in [2.45, 2.75) is 13.0 Å². The summed E-state index contributed by atoms with van der Waals surface area (Å²) in [5, 5.41) is 12.6. The van der Waals surface area contributed by atoms with Crippen LogP contribution in [-0.2, 0) is 0 Å². The highest BCUT2D eigenvalue weighted by molar-refractivity contribution is 5.87. The Morgan fingerprint density at radius 1 is 1.11 bits per heavy atom. The van der Waals surface area contributed by atoms with Crippen molar-refractivity contribution < 1.29 is 9.90 Å². The number of hydrogen-bond donors (Lipinski definition) is 2. The number of rotatable bonds is 5. The lowest BCUT2D eigenvalue weighted by Crippen LogP contribution is -2.08. The van der Waals surface area contributed by atoms with Crippen LogP contribution in [0.3, 0.4) is 0 Å². The summed E-state index contributed by atoms with van der Waals surface area (Å²) in [6.07, 6.45) is 4.83. The van der Waals surface area contributed by atoms with Crippen molar-refractivity contribution in [2.24, 2.45) is 0 Å². The monoisotopic (exact) mass is 359 g/mol. The van der Waals surface area contributed by atoms with Crippen LogP contribution >= 0.6 is 0 Å². The van der Waals surface area contributed by atoms with Crippen LogP contribution in [0.2, 0.25) is 0 Å². The van der Waals surface area contributed by atoms with Crippen molar-refractivity contribution in [2.75, 3.05) is 5.32 Å². The van der Waals surface area contributed by atoms with Gasteiger partial charge in [0.25, 0.3) is 0 Å². The van der Waals surface area contributed by atoms with E-state index in [1.807, 2.05) is 18.2 Å². The van der Waals surface area contributed by atoms with Gasteiger partial charge < -0.3 is 10.4 Å². The number of carboxylic acids is 1. The molecule has 0 amide bonds. The lowest BCUT2D eigenvalue weighted by Gasteiger charge is -2.15. The van der Waals surface area contributed by atoms with Crippen molar-refractivity contribution in [3.05, 3.63) is 78.2 Å². The summed E-state index contributed by atoms with van der Waals surface area (Å²) in [6.45, 7) is 2.06. The van der Waals surface area contributed by atoms with Gasteiger partial charge in [0.15, 0.2) is 5.82 Å². The van der Waals surface area contributed by atoms with Crippen molar-refractivity contribution in [1.82, 2.24) is 19.4 Å². The fourth-order valence-corrected chi connectivity index (χ4v) is 2.88. The molecule has 4 rings (SSSR count). The minimum atomic E-state index is -0.996. The number of aromatic nitrogens is 4. The molecule has 0 aliphatic carbocycles. The molecule has 134 valence electrons. The number of aromatic carboxylic acids is 1. The lowest BCUT2D eigenvalue weighted by molar-refractivity contribution is 0.0696. The smallest absolute Gasteiger partial charge is 0.337 e.